The molecule has 1 amide bonds. The second kappa shape index (κ2) is 7.96. The van der Waals surface area contributed by atoms with Crippen LogP contribution in [0.25, 0.3) is 0 Å². The zero-order chi connectivity index (χ0) is 17.5. The quantitative estimate of drug-likeness (QED) is 0.818. The Morgan fingerprint density at radius 3 is 2.42 bits per heavy atom. The summed E-state index contributed by atoms with van der Waals surface area (Å²) in [6.07, 6.45) is 1.36. The van der Waals surface area contributed by atoms with E-state index in [1.165, 1.54) is 18.4 Å². The lowest BCUT2D eigenvalue weighted by molar-refractivity contribution is -0.119. The Kier molecular flexibility index (Phi) is 5.73. The van der Waals surface area contributed by atoms with Crippen LogP contribution in [0, 0.1) is 6.92 Å². The van der Waals surface area contributed by atoms with Gasteiger partial charge in [-0.25, -0.2) is 9.59 Å². The number of anilines is 1. The van der Waals surface area contributed by atoms with Crippen molar-refractivity contribution in [2.24, 2.45) is 0 Å². The van der Waals surface area contributed by atoms with E-state index in [1.807, 2.05) is 0 Å². The number of carbonyl (C=O) groups is 3. The van der Waals surface area contributed by atoms with Gasteiger partial charge in [-0.2, -0.15) is 0 Å². The van der Waals surface area contributed by atoms with Crippen molar-refractivity contribution in [1.29, 1.82) is 0 Å². The van der Waals surface area contributed by atoms with Gasteiger partial charge in [-0.15, -0.1) is 0 Å². The van der Waals surface area contributed by atoms with E-state index in [1.54, 1.807) is 32.0 Å². The van der Waals surface area contributed by atoms with Gasteiger partial charge in [-0.05, 0) is 32.0 Å². The molecule has 0 bridgehead atoms. The standard InChI is InChI=1S/C17H17NO6/c1-3-22-17(21)13-6-4-5-7-14(13)18-15(19)10-24-16(20)12-8-9-23-11(12)2/h4-9H,3,10H2,1-2H3,(H,18,19). The summed E-state index contributed by atoms with van der Waals surface area (Å²) in [6, 6.07) is 7.88. The summed E-state index contributed by atoms with van der Waals surface area (Å²) < 4.78 is 14.8. The topological polar surface area (TPSA) is 94.8 Å². The molecule has 2 rings (SSSR count). The van der Waals surface area contributed by atoms with Gasteiger partial charge >= 0.3 is 11.9 Å². The van der Waals surface area contributed by atoms with Crippen LogP contribution in [0.2, 0.25) is 0 Å². The molecule has 0 spiro atoms. The third kappa shape index (κ3) is 4.22. The minimum atomic E-state index is -0.657. The van der Waals surface area contributed by atoms with Crippen LogP contribution in [-0.2, 0) is 14.3 Å². The van der Waals surface area contributed by atoms with Gasteiger partial charge in [0.1, 0.15) is 11.3 Å². The van der Waals surface area contributed by atoms with Gasteiger partial charge in [0.05, 0.1) is 24.1 Å². The van der Waals surface area contributed by atoms with E-state index in [9.17, 15) is 14.4 Å². The van der Waals surface area contributed by atoms with Crippen LogP contribution in [0.15, 0.2) is 41.0 Å². The lowest BCUT2D eigenvalue weighted by Crippen LogP contribution is -2.22. The number of carbonyl (C=O) groups excluding carboxylic acids is 3. The third-order valence-electron chi connectivity index (χ3n) is 3.11. The molecule has 0 aliphatic heterocycles. The summed E-state index contributed by atoms with van der Waals surface area (Å²) in [6.45, 7) is 3.05. The fourth-order valence-electron chi connectivity index (χ4n) is 1.97. The van der Waals surface area contributed by atoms with Gasteiger partial charge in [-0.3, -0.25) is 4.79 Å². The SMILES string of the molecule is CCOC(=O)c1ccccc1NC(=O)COC(=O)c1ccoc1C. The molecule has 0 aliphatic carbocycles. The molecule has 1 heterocycles. The number of esters is 2. The van der Waals surface area contributed by atoms with Crippen LogP contribution in [0.1, 0.15) is 33.4 Å². The Bertz CT molecular complexity index is 749. The van der Waals surface area contributed by atoms with Gasteiger partial charge in [-0.1, -0.05) is 12.1 Å². The average Bonchev–Trinajstić information content (AvgIpc) is 2.99. The highest BCUT2D eigenvalue weighted by atomic mass is 16.5. The summed E-state index contributed by atoms with van der Waals surface area (Å²) in [7, 11) is 0. The lowest BCUT2D eigenvalue weighted by atomic mass is 10.2. The van der Waals surface area contributed by atoms with Crippen LogP contribution in [0.3, 0.4) is 0 Å². The minimum Gasteiger partial charge on any atom is -0.469 e. The largest absolute Gasteiger partial charge is 0.469 e. The van der Waals surface area contributed by atoms with Crippen LogP contribution < -0.4 is 5.32 Å². The maximum Gasteiger partial charge on any atom is 0.342 e. The molecule has 0 fully saturated rings. The zero-order valence-electron chi connectivity index (χ0n) is 13.3. The van der Waals surface area contributed by atoms with Gasteiger partial charge in [0, 0.05) is 0 Å². The molecule has 1 aromatic heterocycles. The molecular weight excluding hydrogens is 314 g/mol. The number of nitrogens with one attached hydrogen (secondary N) is 1. The van der Waals surface area contributed by atoms with E-state index >= 15 is 0 Å². The first-order valence-electron chi connectivity index (χ1n) is 7.30. The summed E-state index contributed by atoms with van der Waals surface area (Å²) >= 11 is 0. The molecular formula is C17H17NO6. The molecule has 1 aromatic carbocycles. The smallest absolute Gasteiger partial charge is 0.342 e. The van der Waals surface area contributed by atoms with E-state index in [4.69, 9.17) is 13.9 Å². The third-order valence-corrected chi connectivity index (χ3v) is 3.11. The molecule has 0 aliphatic rings. The van der Waals surface area contributed by atoms with Crippen LogP contribution in [0.5, 0.6) is 0 Å². The van der Waals surface area contributed by atoms with Gasteiger partial charge < -0.3 is 19.2 Å². The Morgan fingerprint density at radius 2 is 1.75 bits per heavy atom. The van der Waals surface area contributed by atoms with Crippen LogP contribution in [-0.4, -0.2) is 31.1 Å². The predicted octanol–water partition coefficient (Wildman–Crippen LogP) is 2.56. The molecule has 0 radical (unpaired) electrons. The number of amides is 1. The summed E-state index contributed by atoms with van der Waals surface area (Å²) in [5.74, 6) is -1.36. The van der Waals surface area contributed by atoms with Crippen molar-refractivity contribution in [2.45, 2.75) is 13.8 Å². The summed E-state index contributed by atoms with van der Waals surface area (Å²) in [4.78, 5) is 35.6. The fraction of sp³-hybridized carbons (Fsp3) is 0.235. The Morgan fingerprint density at radius 1 is 1.04 bits per heavy atom. The molecule has 2 aromatic rings. The maximum absolute atomic E-state index is 11.9. The Balaban J connectivity index is 1.97. The highest BCUT2D eigenvalue weighted by molar-refractivity contribution is 6.02. The van der Waals surface area contributed by atoms with Crippen molar-refractivity contribution in [3.63, 3.8) is 0 Å². The number of ether oxygens (including phenoxy) is 2. The average molecular weight is 331 g/mol. The van der Waals surface area contributed by atoms with Gasteiger partial charge in [0.2, 0.25) is 0 Å². The maximum atomic E-state index is 11.9. The summed E-state index contributed by atoms with van der Waals surface area (Å²) in [5.41, 5.74) is 0.774. The van der Waals surface area contributed by atoms with E-state index in [-0.39, 0.29) is 23.4 Å². The van der Waals surface area contributed by atoms with Crippen molar-refractivity contribution in [1.82, 2.24) is 0 Å². The first-order chi connectivity index (χ1) is 11.5. The van der Waals surface area contributed by atoms with Gasteiger partial charge in [0.15, 0.2) is 6.61 Å². The first kappa shape index (κ1) is 17.3. The van der Waals surface area contributed by atoms with E-state index < -0.39 is 24.5 Å². The van der Waals surface area contributed by atoms with Crippen molar-refractivity contribution in [3.8, 4) is 0 Å². The van der Waals surface area contributed by atoms with E-state index in [2.05, 4.69) is 5.32 Å². The summed E-state index contributed by atoms with van der Waals surface area (Å²) in [5, 5.41) is 2.52. The number of hydrogen-bond donors (Lipinski definition) is 1. The minimum absolute atomic E-state index is 0.225. The second-order valence-electron chi connectivity index (χ2n) is 4.78. The number of aryl methyl sites for hydroxylation is 1. The molecule has 0 unspecified atom stereocenters. The molecule has 24 heavy (non-hydrogen) atoms. The Hall–Kier alpha value is -3.09. The molecule has 126 valence electrons. The van der Waals surface area contributed by atoms with E-state index in [0.717, 1.165) is 0 Å². The number of hydrogen-bond acceptors (Lipinski definition) is 6. The van der Waals surface area contributed by atoms with E-state index in [0.29, 0.717) is 5.76 Å². The number of benzene rings is 1. The number of rotatable bonds is 6. The number of para-hydroxylation sites is 1. The first-order valence-corrected chi connectivity index (χ1v) is 7.30. The molecule has 0 saturated heterocycles. The second-order valence-corrected chi connectivity index (χ2v) is 4.78. The molecule has 7 heteroatoms. The predicted molar refractivity (Wildman–Crippen MR) is 84.8 cm³/mol. The van der Waals surface area contributed by atoms with Gasteiger partial charge in [0.25, 0.3) is 5.91 Å². The Labute approximate surface area is 138 Å². The number of furan rings is 1. The monoisotopic (exact) mass is 331 g/mol. The zero-order valence-corrected chi connectivity index (χ0v) is 13.3. The highest BCUT2D eigenvalue weighted by Crippen LogP contribution is 2.16. The van der Waals surface area contributed by atoms with Crippen molar-refractivity contribution < 1.29 is 28.3 Å². The van der Waals surface area contributed by atoms with Crippen LogP contribution in [0.4, 0.5) is 5.69 Å². The van der Waals surface area contributed by atoms with Crippen LogP contribution >= 0.6 is 0 Å². The van der Waals surface area contributed by atoms with Crippen molar-refractivity contribution in [2.75, 3.05) is 18.5 Å². The van der Waals surface area contributed by atoms with Crippen molar-refractivity contribution in [3.05, 3.63) is 53.5 Å². The normalized spacial score (nSPS) is 10.1. The van der Waals surface area contributed by atoms with Crippen molar-refractivity contribution >= 4 is 23.5 Å². The lowest BCUT2D eigenvalue weighted by Gasteiger charge is -2.10. The molecule has 7 nitrogen and oxygen atoms in total. The molecule has 0 saturated carbocycles. The fourth-order valence-corrected chi connectivity index (χ4v) is 1.97. The highest BCUT2D eigenvalue weighted by Gasteiger charge is 2.17. The molecule has 0 atom stereocenters. The molecule has 1 N–H and O–H groups in total.